The van der Waals surface area contributed by atoms with E-state index in [4.69, 9.17) is 11.8 Å². The molecule has 0 aromatic heterocycles. The summed E-state index contributed by atoms with van der Waals surface area (Å²) in [4.78, 5) is 13.8. The van der Waals surface area contributed by atoms with Crippen LogP contribution in [-0.4, -0.2) is 17.7 Å². The fourth-order valence-electron chi connectivity index (χ4n) is 0.875. The number of esters is 1. The fourth-order valence-corrected chi connectivity index (χ4v) is 0.875. The van der Waals surface area contributed by atoms with Crippen LogP contribution < -0.4 is 0 Å². The predicted octanol–water partition coefficient (Wildman–Crippen LogP) is 1.83. The molecule has 80 valence electrons. The molecule has 0 amide bonds. The molecule has 0 fully saturated rings. The number of rotatable bonds is 4. The third kappa shape index (κ3) is 4.68. The van der Waals surface area contributed by atoms with Gasteiger partial charge in [0.15, 0.2) is 17.3 Å². The van der Waals surface area contributed by atoms with Gasteiger partial charge < -0.3 is 9.84 Å². The van der Waals surface area contributed by atoms with Gasteiger partial charge in [0.1, 0.15) is 0 Å². The summed E-state index contributed by atoms with van der Waals surface area (Å²) in [5, 5.41) is 18.0. The van der Waals surface area contributed by atoms with E-state index in [0.717, 1.165) is 0 Å². The van der Waals surface area contributed by atoms with Crippen LogP contribution in [0.4, 0.5) is 0 Å². The van der Waals surface area contributed by atoms with Crippen molar-refractivity contribution in [3.8, 4) is 12.3 Å². The first-order valence-corrected chi connectivity index (χ1v) is 4.40. The van der Waals surface area contributed by atoms with Crippen LogP contribution >= 0.6 is 0 Å². The Balaban J connectivity index is 4.68. The van der Waals surface area contributed by atoms with Crippen LogP contribution in [0.15, 0.2) is 11.5 Å². The number of hydrogen-bond donors (Lipinski definition) is 1. The number of diazo groups is 1. The lowest BCUT2D eigenvalue weighted by Crippen LogP contribution is -2.09. The van der Waals surface area contributed by atoms with Crippen LogP contribution in [0.3, 0.4) is 0 Å². The maximum Gasteiger partial charge on any atom is 0.505 e. The Kier molecular flexibility index (Phi) is 5.58. The first kappa shape index (κ1) is 13.0. The standard InChI is InChI=1S/C10H12N2O3/c1-4-5-15-10(14)9(12-11)8(13)6-7(2)3/h1,7H,5-6H2,2-3H3/p+1. The van der Waals surface area contributed by atoms with Crippen molar-refractivity contribution in [2.45, 2.75) is 20.3 Å². The maximum atomic E-state index is 11.2. The van der Waals surface area contributed by atoms with Gasteiger partial charge in [0.25, 0.3) is 0 Å². The van der Waals surface area contributed by atoms with Crippen molar-refractivity contribution in [2.75, 3.05) is 6.61 Å². The molecule has 0 heterocycles. The van der Waals surface area contributed by atoms with Crippen LogP contribution in [0.2, 0.25) is 0 Å². The maximum absolute atomic E-state index is 11.2. The minimum atomic E-state index is -0.936. The number of aliphatic hydroxyl groups is 1. The third-order valence-electron chi connectivity index (χ3n) is 1.45. The summed E-state index contributed by atoms with van der Waals surface area (Å²) in [5.41, 5.74) is -0.501. The van der Waals surface area contributed by atoms with Crippen LogP contribution in [0.25, 0.3) is 4.98 Å². The summed E-state index contributed by atoms with van der Waals surface area (Å²) in [7, 11) is 0. The first-order chi connectivity index (χ1) is 7.02. The van der Waals surface area contributed by atoms with Gasteiger partial charge in [0, 0.05) is 6.42 Å². The molecule has 5 heteroatoms. The molecule has 0 aliphatic heterocycles. The first-order valence-electron chi connectivity index (χ1n) is 4.40. The summed E-state index contributed by atoms with van der Waals surface area (Å²) >= 11 is 0. The Morgan fingerprint density at radius 2 is 2.27 bits per heavy atom. The monoisotopic (exact) mass is 209 g/mol. The number of carbonyl (C=O) groups excluding carboxylic acids is 1. The van der Waals surface area contributed by atoms with Gasteiger partial charge in [-0.25, -0.2) is 4.79 Å². The lowest BCUT2D eigenvalue weighted by atomic mass is 10.1. The Morgan fingerprint density at radius 3 is 2.67 bits per heavy atom. The molecule has 0 aromatic carbocycles. The zero-order valence-corrected chi connectivity index (χ0v) is 8.73. The number of carbonyl (C=O) groups is 1. The van der Waals surface area contributed by atoms with E-state index in [1.165, 1.54) is 0 Å². The van der Waals surface area contributed by atoms with Gasteiger partial charge in [-0.3, -0.25) is 0 Å². The molecule has 0 aliphatic rings. The Hall–Kier alpha value is -2.01. The normalized spacial score (nSPS) is 11.3. The van der Waals surface area contributed by atoms with E-state index >= 15 is 0 Å². The predicted molar refractivity (Wildman–Crippen MR) is 54.0 cm³/mol. The van der Waals surface area contributed by atoms with Gasteiger partial charge in [-0.2, -0.15) is 0 Å². The molecule has 0 atom stereocenters. The summed E-state index contributed by atoms with van der Waals surface area (Å²) < 4.78 is 4.50. The topological polar surface area (TPSA) is 74.7 Å². The number of aliphatic hydroxyl groups excluding tert-OH is 1. The summed E-state index contributed by atoms with van der Waals surface area (Å²) in [6.45, 7) is 3.46. The highest BCUT2D eigenvalue weighted by Crippen LogP contribution is 2.14. The molecule has 1 N–H and O–H groups in total. The Bertz CT molecular complexity index is 345. The second-order valence-corrected chi connectivity index (χ2v) is 3.27. The van der Waals surface area contributed by atoms with Gasteiger partial charge in [0.2, 0.25) is 5.39 Å². The van der Waals surface area contributed by atoms with Crippen molar-refractivity contribution in [1.29, 1.82) is 5.39 Å². The molecule has 0 saturated carbocycles. The molecule has 0 saturated heterocycles. The number of ether oxygens (including phenoxy) is 1. The Labute approximate surface area is 88.4 Å². The van der Waals surface area contributed by atoms with E-state index < -0.39 is 11.7 Å². The minimum Gasteiger partial charge on any atom is -0.505 e. The van der Waals surface area contributed by atoms with Crippen molar-refractivity contribution in [2.24, 2.45) is 5.92 Å². The van der Waals surface area contributed by atoms with Crippen molar-refractivity contribution in [1.82, 2.24) is 0 Å². The highest BCUT2D eigenvalue weighted by atomic mass is 16.5. The molecule has 0 rings (SSSR count). The van der Waals surface area contributed by atoms with Gasteiger partial charge in [0.05, 0.1) is 0 Å². The van der Waals surface area contributed by atoms with Crippen molar-refractivity contribution >= 4 is 5.97 Å². The zero-order chi connectivity index (χ0) is 11.8. The van der Waals surface area contributed by atoms with E-state index in [1.807, 2.05) is 13.8 Å². The molecule has 0 aromatic rings. The highest BCUT2D eigenvalue weighted by molar-refractivity contribution is 5.90. The van der Waals surface area contributed by atoms with E-state index in [2.05, 4.69) is 15.6 Å². The fraction of sp³-hybridized carbons (Fsp3) is 0.500. The molecule has 0 radical (unpaired) electrons. The quantitative estimate of drug-likeness (QED) is 0.252. The Morgan fingerprint density at radius 1 is 1.67 bits per heavy atom. The summed E-state index contributed by atoms with van der Waals surface area (Å²) in [6.07, 6.45) is 5.10. The van der Waals surface area contributed by atoms with Gasteiger partial charge in [-0.05, 0) is 5.92 Å². The second-order valence-electron chi connectivity index (χ2n) is 3.27. The number of allylic oxidation sites excluding steroid dienone is 1. The average Bonchev–Trinajstić information content (AvgIpc) is 2.14. The molecular weight excluding hydrogens is 196 g/mol. The highest BCUT2D eigenvalue weighted by Gasteiger charge is 2.30. The van der Waals surface area contributed by atoms with Crippen molar-refractivity contribution in [3.05, 3.63) is 16.4 Å². The molecular formula is C10H13N2O3+. The van der Waals surface area contributed by atoms with Crippen molar-refractivity contribution in [3.63, 3.8) is 0 Å². The van der Waals surface area contributed by atoms with Crippen LogP contribution in [-0.2, 0) is 9.53 Å². The largest absolute Gasteiger partial charge is 0.505 e. The van der Waals surface area contributed by atoms with Gasteiger partial charge in [-0.15, -0.1) is 6.42 Å². The number of terminal acetylenes is 1. The average molecular weight is 209 g/mol. The third-order valence-corrected chi connectivity index (χ3v) is 1.45. The lowest BCUT2D eigenvalue weighted by molar-refractivity contribution is -0.137. The lowest BCUT2D eigenvalue weighted by Gasteiger charge is -2.00. The molecule has 15 heavy (non-hydrogen) atoms. The summed E-state index contributed by atoms with van der Waals surface area (Å²) in [5.74, 6) is 0.967. The second kappa shape index (κ2) is 6.44. The molecule has 0 aliphatic carbocycles. The van der Waals surface area contributed by atoms with E-state index in [9.17, 15) is 9.90 Å². The molecule has 0 spiro atoms. The van der Waals surface area contributed by atoms with Crippen LogP contribution in [0.1, 0.15) is 20.3 Å². The smallest absolute Gasteiger partial charge is 0.505 e. The molecule has 5 nitrogen and oxygen atoms in total. The van der Waals surface area contributed by atoms with Crippen LogP contribution in [0.5, 0.6) is 0 Å². The molecule has 0 bridgehead atoms. The SMILES string of the molecule is C#CCOC(=O)/C([N+]#N)=C(\O)CC(C)C. The number of hydrogen-bond acceptors (Lipinski definition) is 4. The van der Waals surface area contributed by atoms with E-state index in [-0.39, 0.29) is 24.7 Å². The zero-order valence-electron chi connectivity index (χ0n) is 8.73. The van der Waals surface area contributed by atoms with Crippen LogP contribution in [0, 0.1) is 23.7 Å². The van der Waals surface area contributed by atoms with Gasteiger partial charge >= 0.3 is 11.7 Å². The van der Waals surface area contributed by atoms with E-state index in [0.29, 0.717) is 0 Å². The van der Waals surface area contributed by atoms with Crippen molar-refractivity contribution < 1.29 is 14.6 Å². The minimum absolute atomic E-state index is 0.127. The summed E-state index contributed by atoms with van der Waals surface area (Å²) in [6, 6.07) is 0. The van der Waals surface area contributed by atoms with Gasteiger partial charge in [-0.1, -0.05) is 19.8 Å². The van der Waals surface area contributed by atoms with E-state index in [1.54, 1.807) is 0 Å². The molecule has 0 unspecified atom stereocenters. The number of nitrogens with zero attached hydrogens (tertiary/aromatic N) is 2.